The molecule has 0 aliphatic carbocycles. The van der Waals surface area contributed by atoms with Gasteiger partial charge in [0.05, 0.1) is 6.42 Å². The van der Waals surface area contributed by atoms with Crippen molar-refractivity contribution in [3.8, 4) is 0 Å². The summed E-state index contributed by atoms with van der Waals surface area (Å²) in [7, 11) is 0. The molecule has 2 rings (SSSR count). The fourth-order valence-electron chi connectivity index (χ4n) is 2.45. The number of thioether (sulfide) groups is 1. The van der Waals surface area contributed by atoms with Crippen molar-refractivity contribution in [3.63, 3.8) is 0 Å². The third-order valence-electron chi connectivity index (χ3n) is 3.62. The number of amides is 1. The SMILES string of the molecule is Cc1cccc(C)c1C(=O)Nc1cccc(CSCCC(=O)O)c1. The van der Waals surface area contributed by atoms with Crippen molar-refractivity contribution in [2.45, 2.75) is 26.0 Å². The first-order valence-electron chi connectivity index (χ1n) is 7.73. The number of aryl methyl sites for hydroxylation is 2. The van der Waals surface area contributed by atoms with Crippen molar-refractivity contribution in [3.05, 3.63) is 64.7 Å². The van der Waals surface area contributed by atoms with Crippen LogP contribution in [-0.2, 0) is 10.5 Å². The molecule has 0 saturated heterocycles. The van der Waals surface area contributed by atoms with Crippen LogP contribution in [0.4, 0.5) is 5.69 Å². The quantitative estimate of drug-likeness (QED) is 0.737. The zero-order valence-corrected chi connectivity index (χ0v) is 14.7. The van der Waals surface area contributed by atoms with Crippen LogP contribution in [0.15, 0.2) is 42.5 Å². The lowest BCUT2D eigenvalue weighted by Crippen LogP contribution is -2.15. The van der Waals surface area contributed by atoms with E-state index in [1.165, 1.54) is 0 Å². The average molecular weight is 343 g/mol. The molecule has 0 spiro atoms. The number of carbonyl (C=O) groups is 2. The van der Waals surface area contributed by atoms with E-state index >= 15 is 0 Å². The van der Waals surface area contributed by atoms with Gasteiger partial charge in [-0.15, -0.1) is 0 Å². The van der Waals surface area contributed by atoms with Crippen LogP contribution < -0.4 is 5.32 Å². The van der Waals surface area contributed by atoms with Crippen LogP contribution in [0.1, 0.15) is 33.5 Å². The molecule has 0 heterocycles. The van der Waals surface area contributed by atoms with Gasteiger partial charge in [0.2, 0.25) is 0 Å². The van der Waals surface area contributed by atoms with Crippen molar-refractivity contribution in [1.82, 2.24) is 0 Å². The van der Waals surface area contributed by atoms with Gasteiger partial charge in [-0.1, -0.05) is 30.3 Å². The molecule has 0 aliphatic heterocycles. The molecular formula is C19H21NO3S. The van der Waals surface area contributed by atoms with Gasteiger partial charge in [0.25, 0.3) is 5.91 Å². The van der Waals surface area contributed by atoms with Crippen LogP contribution >= 0.6 is 11.8 Å². The highest BCUT2D eigenvalue weighted by Crippen LogP contribution is 2.19. The van der Waals surface area contributed by atoms with Gasteiger partial charge in [-0.25, -0.2) is 0 Å². The van der Waals surface area contributed by atoms with Crippen LogP contribution in [0.2, 0.25) is 0 Å². The first kappa shape index (κ1) is 18.1. The van der Waals surface area contributed by atoms with E-state index < -0.39 is 5.97 Å². The molecule has 2 N–H and O–H groups in total. The van der Waals surface area contributed by atoms with Gasteiger partial charge in [-0.3, -0.25) is 9.59 Å². The van der Waals surface area contributed by atoms with Gasteiger partial charge in [-0.2, -0.15) is 11.8 Å². The molecule has 0 saturated carbocycles. The normalized spacial score (nSPS) is 10.4. The van der Waals surface area contributed by atoms with E-state index in [-0.39, 0.29) is 12.3 Å². The average Bonchev–Trinajstić information content (AvgIpc) is 2.51. The largest absolute Gasteiger partial charge is 0.481 e. The molecule has 0 fully saturated rings. The molecule has 0 aromatic heterocycles. The Balaban J connectivity index is 2.01. The lowest BCUT2D eigenvalue weighted by molar-refractivity contribution is -0.136. The first-order chi connectivity index (χ1) is 11.5. The number of carbonyl (C=O) groups excluding carboxylic acids is 1. The molecule has 0 aliphatic rings. The monoisotopic (exact) mass is 343 g/mol. The fraction of sp³-hybridized carbons (Fsp3) is 0.263. The van der Waals surface area contributed by atoms with Crippen LogP contribution in [0.3, 0.4) is 0 Å². The number of carboxylic acid groups (broad SMARTS) is 1. The Hall–Kier alpha value is -2.27. The zero-order chi connectivity index (χ0) is 17.5. The minimum Gasteiger partial charge on any atom is -0.481 e. The Kier molecular flexibility index (Phi) is 6.44. The Morgan fingerprint density at radius 3 is 2.42 bits per heavy atom. The smallest absolute Gasteiger partial charge is 0.304 e. The molecule has 0 atom stereocenters. The topological polar surface area (TPSA) is 66.4 Å². The van der Waals surface area contributed by atoms with E-state index in [4.69, 9.17) is 5.11 Å². The van der Waals surface area contributed by atoms with Crippen molar-refractivity contribution < 1.29 is 14.7 Å². The molecule has 2 aromatic carbocycles. The van der Waals surface area contributed by atoms with Crippen molar-refractivity contribution in [1.29, 1.82) is 0 Å². The van der Waals surface area contributed by atoms with E-state index in [2.05, 4.69) is 5.32 Å². The molecule has 4 nitrogen and oxygen atoms in total. The summed E-state index contributed by atoms with van der Waals surface area (Å²) in [6.45, 7) is 3.86. The third-order valence-corrected chi connectivity index (χ3v) is 4.65. The summed E-state index contributed by atoms with van der Waals surface area (Å²) in [5.41, 5.74) is 4.42. The van der Waals surface area contributed by atoms with Gasteiger partial charge < -0.3 is 10.4 Å². The summed E-state index contributed by atoms with van der Waals surface area (Å²) in [4.78, 5) is 23.0. The Labute approximate surface area is 146 Å². The summed E-state index contributed by atoms with van der Waals surface area (Å²) in [6, 6.07) is 13.5. The summed E-state index contributed by atoms with van der Waals surface area (Å²) in [5, 5.41) is 11.6. The van der Waals surface area contributed by atoms with E-state index in [1.54, 1.807) is 11.8 Å². The standard InChI is InChI=1S/C19H21NO3S/c1-13-5-3-6-14(2)18(13)19(23)20-16-8-4-7-15(11-16)12-24-10-9-17(21)22/h3-8,11H,9-10,12H2,1-2H3,(H,20,23)(H,21,22). The molecule has 126 valence electrons. The van der Waals surface area contributed by atoms with E-state index in [9.17, 15) is 9.59 Å². The number of nitrogens with one attached hydrogen (secondary N) is 1. The van der Waals surface area contributed by atoms with Crippen LogP contribution in [0.5, 0.6) is 0 Å². The Morgan fingerprint density at radius 2 is 1.75 bits per heavy atom. The maximum Gasteiger partial charge on any atom is 0.304 e. The molecule has 0 unspecified atom stereocenters. The number of benzene rings is 2. The summed E-state index contributed by atoms with van der Waals surface area (Å²) in [5.74, 6) is 0.410. The highest BCUT2D eigenvalue weighted by molar-refractivity contribution is 7.98. The molecule has 0 radical (unpaired) electrons. The summed E-state index contributed by atoms with van der Waals surface area (Å²) in [6.07, 6.45) is 0.160. The summed E-state index contributed by atoms with van der Waals surface area (Å²) < 4.78 is 0. The van der Waals surface area contributed by atoms with Gasteiger partial charge >= 0.3 is 5.97 Å². The number of aliphatic carboxylic acids is 1. The molecule has 1 amide bonds. The van der Waals surface area contributed by atoms with Gasteiger partial charge in [0, 0.05) is 22.8 Å². The van der Waals surface area contributed by atoms with E-state index in [1.807, 2.05) is 56.3 Å². The second kappa shape index (κ2) is 8.55. The Morgan fingerprint density at radius 1 is 1.08 bits per heavy atom. The molecular weight excluding hydrogens is 322 g/mol. The first-order valence-corrected chi connectivity index (χ1v) is 8.89. The second-order valence-corrected chi connectivity index (χ2v) is 6.72. The van der Waals surface area contributed by atoms with Crippen molar-refractivity contribution in [2.75, 3.05) is 11.1 Å². The number of hydrogen-bond donors (Lipinski definition) is 2. The van der Waals surface area contributed by atoms with Gasteiger partial charge in [0.15, 0.2) is 0 Å². The van der Waals surface area contributed by atoms with Gasteiger partial charge in [-0.05, 0) is 42.7 Å². The minimum atomic E-state index is -0.780. The highest BCUT2D eigenvalue weighted by atomic mass is 32.2. The molecule has 24 heavy (non-hydrogen) atoms. The van der Waals surface area contributed by atoms with Crippen LogP contribution in [0.25, 0.3) is 0 Å². The third kappa shape index (κ3) is 5.13. The predicted octanol–water partition coefficient (Wildman–Crippen LogP) is 4.26. The van der Waals surface area contributed by atoms with Gasteiger partial charge in [0.1, 0.15) is 0 Å². The van der Waals surface area contributed by atoms with E-state index in [0.29, 0.717) is 11.3 Å². The number of anilines is 1. The molecule has 0 bridgehead atoms. The molecule has 2 aromatic rings. The minimum absolute atomic E-state index is 0.110. The summed E-state index contributed by atoms with van der Waals surface area (Å²) >= 11 is 1.57. The number of rotatable bonds is 7. The van der Waals surface area contributed by atoms with Crippen LogP contribution in [0, 0.1) is 13.8 Å². The fourth-order valence-corrected chi connectivity index (χ4v) is 3.33. The maximum absolute atomic E-state index is 12.5. The predicted molar refractivity (Wildman–Crippen MR) is 98.7 cm³/mol. The zero-order valence-electron chi connectivity index (χ0n) is 13.8. The van der Waals surface area contributed by atoms with Crippen molar-refractivity contribution in [2.24, 2.45) is 0 Å². The Bertz CT molecular complexity index is 723. The maximum atomic E-state index is 12.5. The van der Waals surface area contributed by atoms with Crippen molar-refractivity contribution >= 4 is 29.3 Å². The van der Waals surface area contributed by atoms with E-state index in [0.717, 1.165) is 28.1 Å². The number of hydrogen-bond acceptors (Lipinski definition) is 3. The lowest BCUT2D eigenvalue weighted by Gasteiger charge is -2.11. The van der Waals surface area contributed by atoms with Crippen LogP contribution in [-0.4, -0.2) is 22.7 Å². The number of carboxylic acids is 1. The second-order valence-electron chi connectivity index (χ2n) is 5.62. The highest BCUT2D eigenvalue weighted by Gasteiger charge is 2.12. The lowest BCUT2D eigenvalue weighted by atomic mass is 10.0. The molecule has 5 heteroatoms.